The third-order valence-corrected chi connectivity index (χ3v) is 3.25. The van der Waals surface area contributed by atoms with E-state index < -0.39 is 0 Å². The molecule has 5 nitrogen and oxygen atoms in total. The quantitative estimate of drug-likeness (QED) is 0.911. The van der Waals surface area contributed by atoms with Crippen LogP contribution in [0.2, 0.25) is 0 Å². The number of aromatic nitrogens is 2. The third kappa shape index (κ3) is 2.87. The Morgan fingerprint density at radius 2 is 2.05 bits per heavy atom. The number of hydrogen-bond acceptors (Lipinski definition) is 3. The summed E-state index contributed by atoms with van der Waals surface area (Å²) in [5, 5.41) is 3.45. The van der Waals surface area contributed by atoms with Gasteiger partial charge in [0.1, 0.15) is 5.82 Å². The fraction of sp³-hybridized carbons (Fsp3) is 0.400. The van der Waals surface area contributed by atoms with Gasteiger partial charge in [0.2, 0.25) is 5.91 Å². The largest absolute Gasteiger partial charge is 0.355 e. The predicted octanol–water partition coefficient (Wildman–Crippen LogP) is 1.25. The average molecular weight is 273 g/mol. The summed E-state index contributed by atoms with van der Waals surface area (Å²) < 4.78 is 1.55. The molecule has 0 aliphatic heterocycles. The lowest BCUT2D eigenvalue weighted by atomic mass is 10.2. The molecule has 0 atom stereocenters. The number of carbonyl (C=O) groups excluding carboxylic acids is 1. The summed E-state index contributed by atoms with van der Waals surface area (Å²) in [6.07, 6.45) is 0.537. The number of fused-ring (bicyclic) bond motifs is 1. The zero-order valence-electron chi connectivity index (χ0n) is 12.0. The Labute approximate surface area is 117 Å². The summed E-state index contributed by atoms with van der Waals surface area (Å²) in [7, 11) is 1.71. The number of carbonyl (C=O) groups is 1. The molecule has 2 rings (SSSR count). The standard InChI is InChI=1S/C15H19N3O2/c1-10(2)14(19)16-9-8-13-17-12-7-5-4-6-11(12)15(20)18(13)3/h4-7,10H,8-9H2,1-3H3,(H,16,19). The van der Waals surface area contributed by atoms with E-state index in [1.807, 2.05) is 32.0 Å². The second kappa shape index (κ2) is 5.86. The molecule has 2 aromatic rings. The van der Waals surface area contributed by atoms with Gasteiger partial charge >= 0.3 is 0 Å². The first-order valence-electron chi connectivity index (χ1n) is 6.73. The monoisotopic (exact) mass is 273 g/mol. The van der Waals surface area contributed by atoms with Crippen molar-refractivity contribution in [2.24, 2.45) is 13.0 Å². The van der Waals surface area contributed by atoms with Gasteiger partial charge in [0, 0.05) is 25.9 Å². The summed E-state index contributed by atoms with van der Waals surface area (Å²) in [6, 6.07) is 7.29. The van der Waals surface area contributed by atoms with Crippen molar-refractivity contribution >= 4 is 16.8 Å². The van der Waals surface area contributed by atoms with Crippen molar-refractivity contribution in [3.63, 3.8) is 0 Å². The van der Waals surface area contributed by atoms with Crippen LogP contribution in [-0.2, 0) is 18.3 Å². The Balaban J connectivity index is 2.21. The lowest BCUT2D eigenvalue weighted by Gasteiger charge is -2.10. The first-order chi connectivity index (χ1) is 9.50. The van der Waals surface area contributed by atoms with Gasteiger partial charge in [-0.3, -0.25) is 14.2 Å². The Morgan fingerprint density at radius 3 is 2.75 bits per heavy atom. The number of para-hydroxylation sites is 1. The number of rotatable bonds is 4. The molecule has 0 radical (unpaired) electrons. The Kier molecular flexibility index (Phi) is 4.17. The molecule has 1 N–H and O–H groups in total. The molecular weight excluding hydrogens is 254 g/mol. The second-order valence-corrected chi connectivity index (χ2v) is 5.11. The summed E-state index contributed by atoms with van der Waals surface area (Å²) in [4.78, 5) is 28.2. The molecule has 0 unspecified atom stereocenters. The number of amides is 1. The van der Waals surface area contributed by atoms with Gasteiger partial charge in [0.05, 0.1) is 10.9 Å². The van der Waals surface area contributed by atoms with E-state index in [0.29, 0.717) is 29.7 Å². The summed E-state index contributed by atoms with van der Waals surface area (Å²) >= 11 is 0. The van der Waals surface area contributed by atoms with E-state index in [2.05, 4.69) is 10.3 Å². The molecule has 0 aliphatic rings. The van der Waals surface area contributed by atoms with Crippen LogP contribution in [0.1, 0.15) is 19.7 Å². The van der Waals surface area contributed by atoms with E-state index >= 15 is 0 Å². The van der Waals surface area contributed by atoms with Crippen LogP contribution < -0.4 is 10.9 Å². The molecule has 0 saturated carbocycles. The highest BCUT2D eigenvalue weighted by Crippen LogP contribution is 2.07. The second-order valence-electron chi connectivity index (χ2n) is 5.11. The normalized spacial score (nSPS) is 11.0. The van der Waals surface area contributed by atoms with Crippen molar-refractivity contribution in [1.82, 2.24) is 14.9 Å². The first-order valence-corrected chi connectivity index (χ1v) is 6.73. The lowest BCUT2D eigenvalue weighted by Crippen LogP contribution is -2.31. The molecule has 106 valence electrons. The fourth-order valence-electron chi connectivity index (χ4n) is 1.99. The lowest BCUT2D eigenvalue weighted by molar-refractivity contribution is -0.123. The van der Waals surface area contributed by atoms with Crippen LogP contribution in [0.25, 0.3) is 10.9 Å². The highest BCUT2D eigenvalue weighted by molar-refractivity contribution is 5.78. The van der Waals surface area contributed by atoms with Crippen LogP contribution in [0.15, 0.2) is 29.1 Å². The van der Waals surface area contributed by atoms with Crippen LogP contribution in [0.3, 0.4) is 0 Å². The van der Waals surface area contributed by atoms with Crippen LogP contribution in [0.5, 0.6) is 0 Å². The van der Waals surface area contributed by atoms with E-state index in [-0.39, 0.29) is 17.4 Å². The van der Waals surface area contributed by atoms with Gasteiger partial charge in [-0.2, -0.15) is 0 Å². The summed E-state index contributed by atoms with van der Waals surface area (Å²) in [5.41, 5.74) is 0.640. The minimum absolute atomic E-state index is 0.00999. The molecule has 5 heteroatoms. The van der Waals surface area contributed by atoms with Gasteiger partial charge in [-0.15, -0.1) is 0 Å². The molecule has 0 spiro atoms. The zero-order chi connectivity index (χ0) is 14.7. The molecule has 1 heterocycles. The molecular formula is C15H19N3O2. The molecule has 1 aromatic heterocycles. The summed E-state index contributed by atoms with van der Waals surface area (Å²) in [6.45, 7) is 4.17. The number of nitrogens with zero attached hydrogens (tertiary/aromatic N) is 2. The third-order valence-electron chi connectivity index (χ3n) is 3.25. The van der Waals surface area contributed by atoms with E-state index in [1.165, 1.54) is 0 Å². The van der Waals surface area contributed by atoms with Gasteiger partial charge in [0.15, 0.2) is 0 Å². The van der Waals surface area contributed by atoms with E-state index in [9.17, 15) is 9.59 Å². The molecule has 1 aromatic carbocycles. The average Bonchev–Trinajstić information content (AvgIpc) is 2.44. The topological polar surface area (TPSA) is 64.0 Å². The van der Waals surface area contributed by atoms with Crippen molar-refractivity contribution in [2.75, 3.05) is 6.54 Å². The first kappa shape index (κ1) is 14.2. The Morgan fingerprint density at radius 1 is 1.35 bits per heavy atom. The van der Waals surface area contributed by atoms with Gasteiger partial charge < -0.3 is 5.32 Å². The van der Waals surface area contributed by atoms with Crippen molar-refractivity contribution in [3.05, 3.63) is 40.4 Å². The molecule has 0 aliphatic carbocycles. The van der Waals surface area contributed by atoms with E-state index in [4.69, 9.17) is 0 Å². The Hall–Kier alpha value is -2.17. The minimum atomic E-state index is -0.0548. The van der Waals surface area contributed by atoms with Crippen LogP contribution >= 0.6 is 0 Å². The van der Waals surface area contributed by atoms with Gasteiger partial charge in [-0.05, 0) is 12.1 Å². The van der Waals surface area contributed by atoms with Crippen LogP contribution in [0, 0.1) is 5.92 Å². The molecule has 20 heavy (non-hydrogen) atoms. The minimum Gasteiger partial charge on any atom is -0.355 e. The molecule has 0 fully saturated rings. The highest BCUT2D eigenvalue weighted by atomic mass is 16.1. The molecule has 1 amide bonds. The SMILES string of the molecule is CC(C)C(=O)NCCc1nc2ccccc2c(=O)n1C. The number of benzene rings is 1. The number of hydrogen-bond donors (Lipinski definition) is 1. The van der Waals surface area contributed by atoms with Crippen molar-refractivity contribution in [2.45, 2.75) is 20.3 Å². The maximum Gasteiger partial charge on any atom is 0.261 e. The van der Waals surface area contributed by atoms with Crippen molar-refractivity contribution in [1.29, 1.82) is 0 Å². The maximum absolute atomic E-state index is 12.2. The Bertz CT molecular complexity index is 689. The van der Waals surface area contributed by atoms with Gasteiger partial charge in [0.25, 0.3) is 5.56 Å². The zero-order valence-corrected chi connectivity index (χ0v) is 12.0. The van der Waals surface area contributed by atoms with Crippen LogP contribution in [0.4, 0.5) is 0 Å². The fourth-order valence-corrected chi connectivity index (χ4v) is 1.99. The van der Waals surface area contributed by atoms with E-state index in [1.54, 1.807) is 17.7 Å². The van der Waals surface area contributed by atoms with Gasteiger partial charge in [-0.1, -0.05) is 26.0 Å². The summed E-state index contributed by atoms with van der Waals surface area (Å²) in [5.74, 6) is 0.650. The number of nitrogens with one attached hydrogen (secondary N) is 1. The molecule has 0 saturated heterocycles. The maximum atomic E-state index is 12.2. The van der Waals surface area contributed by atoms with E-state index in [0.717, 1.165) is 0 Å². The molecule has 0 bridgehead atoms. The smallest absolute Gasteiger partial charge is 0.261 e. The van der Waals surface area contributed by atoms with Gasteiger partial charge in [-0.25, -0.2) is 4.98 Å². The van der Waals surface area contributed by atoms with Crippen molar-refractivity contribution in [3.8, 4) is 0 Å². The highest BCUT2D eigenvalue weighted by Gasteiger charge is 2.09. The predicted molar refractivity (Wildman–Crippen MR) is 78.5 cm³/mol. The van der Waals surface area contributed by atoms with Crippen molar-refractivity contribution < 1.29 is 4.79 Å². The van der Waals surface area contributed by atoms with Crippen LogP contribution in [-0.4, -0.2) is 22.0 Å².